The summed E-state index contributed by atoms with van der Waals surface area (Å²) in [7, 11) is 0. The number of esters is 1. The molecule has 3 rings (SSSR count). The fraction of sp³-hybridized carbons (Fsp3) is 0.440. The van der Waals surface area contributed by atoms with E-state index in [0.29, 0.717) is 45.6 Å². The highest BCUT2D eigenvalue weighted by molar-refractivity contribution is 5.89. The Bertz CT molecular complexity index is 890. The number of ether oxygens (including phenoxy) is 2. The van der Waals surface area contributed by atoms with Crippen LogP contribution in [0.15, 0.2) is 48.5 Å². The van der Waals surface area contributed by atoms with E-state index >= 15 is 0 Å². The number of likely N-dealkylation sites (tertiary alicyclic amines) is 1. The SMILES string of the molecule is CCOC(=O)C1(CCOc2ccccc2)CCN(C(=O)Nc2ccc(C)c(C)c2)CC1. The van der Waals surface area contributed by atoms with Crippen LogP contribution < -0.4 is 10.1 Å². The normalized spacial score (nSPS) is 15.3. The first-order valence-electron chi connectivity index (χ1n) is 10.9. The lowest BCUT2D eigenvalue weighted by Crippen LogP contribution is -2.49. The highest BCUT2D eigenvalue weighted by Gasteiger charge is 2.43. The number of hydrogen-bond donors (Lipinski definition) is 1. The molecule has 31 heavy (non-hydrogen) atoms. The standard InChI is InChI=1S/C25H32N2O4/c1-4-30-23(28)25(14-17-31-22-8-6-5-7-9-22)12-15-27(16-13-25)24(29)26-21-11-10-19(2)20(3)18-21/h5-11,18H,4,12-17H2,1-3H3,(H,26,29). The van der Waals surface area contributed by atoms with Gasteiger partial charge in [0.25, 0.3) is 0 Å². The molecule has 0 aromatic heterocycles. The summed E-state index contributed by atoms with van der Waals surface area (Å²) in [5, 5.41) is 2.97. The van der Waals surface area contributed by atoms with Crippen molar-refractivity contribution in [2.24, 2.45) is 5.41 Å². The van der Waals surface area contributed by atoms with Crippen LogP contribution >= 0.6 is 0 Å². The van der Waals surface area contributed by atoms with E-state index in [1.54, 1.807) is 4.90 Å². The first kappa shape index (κ1) is 22.7. The summed E-state index contributed by atoms with van der Waals surface area (Å²) in [6, 6.07) is 15.3. The number of piperidine rings is 1. The first-order valence-corrected chi connectivity index (χ1v) is 10.9. The molecule has 1 N–H and O–H groups in total. The van der Waals surface area contributed by atoms with Gasteiger partial charge in [0.05, 0.1) is 18.6 Å². The van der Waals surface area contributed by atoms with Gasteiger partial charge in [-0.25, -0.2) is 4.79 Å². The van der Waals surface area contributed by atoms with Gasteiger partial charge in [0, 0.05) is 18.8 Å². The van der Waals surface area contributed by atoms with Crippen molar-refractivity contribution in [2.75, 3.05) is 31.6 Å². The van der Waals surface area contributed by atoms with E-state index in [2.05, 4.69) is 5.32 Å². The molecule has 1 saturated heterocycles. The van der Waals surface area contributed by atoms with Crippen LogP contribution in [0, 0.1) is 19.3 Å². The molecule has 6 heteroatoms. The Hall–Kier alpha value is -3.02. The number of nitrogens with one attached hydrogen (secondary N) is 1. The minimum absolute atomic E-state index is 0.138. The number of rotatable bonds is 7. The molecule has 0 atom stereocenters. The van der Waals surface area contributed by atoms with Gasteiger partial charge in [0.15, 0.2) is 0 Å². The zero-order chi connectivity index (χ0) is 22.3. The molecule has 1 fully saturated rings. The van der Waals surface area contributed by atoms with Crippen LogP contribution in [-0.2, 0) is 9.53 Å². The van der Waals surface area contributed by atoms with E-state index in [9.17, 15) is 9.59 Å². The summed E-state index contributed by atoms with van der Waals surface area (Å²) >= 11 is 0. The Kier molecular flexibility index (Phi) is 7.55. The fourth-order valence-corrected chi connectivity index (χ4v) is 3.88. The Morgan fingerprint density at radius 1 is 1.03 bits per heavy atom. The third kappa shape index (κ3) is 5.78. The van der Waals surface area contributed by atoms with Crippen LogP contribution in [0.4, 0.5) is 10.5 Å². The topological polar surface area (TPSA) is 67.9 Å². The number of hydrogen-bond acceptors (Lipinski definition) is 4. The molecular formula is C25H32N2O4. The van der Waals surface area contributed by atoms with E-state index < -0.39 is 5.41 Å². The van der Waals surface area contributed by atoms with Crippen LogP contribution in [-0.4, -0.2) is 43.2 Å². The maximum absolute atomic E-state index is 12.8. The fourth-order valence-electron chi connectivity index (χ4n) is 3.88. The Balaban J connectivity index is 1.59. The molecule has 2 amide bonds. The predicted molar refractivity (Wildman–Crippen MR) is 121 cm³/mol. The van der Waals surface area contributed by atoms with E-state index in [1.807, 2.05) is 69.3 Å². The van der Waals surface area contributed by atoms with Gasteiger partial charge in [-0.15, -0.1) is 0 Å². The number of carbonyl (C=O) groups excluding carboxylic acids is 2. The van der Waals surface area contributed by atoms with Gasteiger partial charge in [0.1, 0.15) is 5.75 Å². The van der Waals surface area contributed by atoms with Crippen molar-refractivity contribution in [3.63, 3.8) is 0 Å². The van der Waals surface area contributed by atoms with Crippen LogP contribution in [0.3, 0.4) is 0 Å². The number of amides is 2. The number of urea groups is 1. The Labute approximate surface area is 184 Å². The zero-order valence-corrected chi connectivity index (χ0v) is 18.6. The van der Waals surface area contributed by atoms with Gasteiger partial charge in [0.2, 0.25) is 0 Å². The molecule has 2 aromatic rings. The maximum Gasteiger partial charge on any atom is 0.321 e. The molecule has 0 unspecified atom stereocenters. The molecule has 0 spiro atoms. The van der Waals surface area contributed by atoms with Crippen LogP contribution in [0.25, 0.3) is 0 Å². The monoisotopic (exact) mass is 424 g/mol. The minimum Gasteiger partial charge on any atom is -0.494 e. The van der Waals surface area contributed by atoms with Crippen LogP contribution in [0.1, 0.15) is 37.3 Å². The number of para-hydroxylation sites is 1. The molecule has 2 aromatic carbocycles. The van der Waals surface area contributed by atoms with Gasteiger partial charge in [-0.3, -0.25) is 4.79 Å². The molecular weight excluding hydrogens is 392 g/mol. The summed E-state index contributed by atoms with van der Waals surface area (Å²) in [6.45, 7) is 7.66. The van der Waals surface area contributed by atoms with Crippen molar-refractivity contribution in [1.82, 2.24) is 4.90 Å². The summed E-state index contributed by atoms with van der Waals surface area (Å²) in [6.07, 6.45) is 1.68. The van der Waals surface area contributed by atoms with Gasteiger partial charge in [-0.05, 0) is 75.4 Å². The molecule has 1 aliphatic heterocycles. The van der Waals surface area contributed by atoms with Crippen molar-refractivity contribution >= 4 is 17.7 Å². The van der Waals surface area contributed by atoms with Crippen molar-refractivity contribution in [1.29, 1.82) is 0 Å². The second-order valence-electron chi connectivity index (χ2n) is 8.13. The van der Waals surface area contributed by atoms with E-state index in [1.165, 1.54) is 5.56 Å². The Morgan fingerprint density at radius 2 is 1.74 bits per heavy atom. The second-order valence-corrected chi connectivity index (χ2v) is 8.13. The van der Waals surface area contributed by atoms with Crippen molar-refractivity contribution in [3.05, 3.63) is 59.7 Å². The molecule has 6 nitrogen and oxygen atoms in total. The lowest BCUT2D eigenvalue weighted by atomic mass is 9.76. The second kappa shape index (κ2) is 10.3. The summed E-state index contributed by atoms with van der Waals surface area (Å²) in [4.78, 5) is 27.3. The van der Waals surface area contributed by atoms with Crippen LogP contribution in [0.2, 0.25) is 0 Å². The average Bonchev–Trinajstić information content (AvgIpc) is 2.77. The summed E-state index contributed by atoms with van der Waals surface area (Å²) in [5.41, 5.74) is 2.48. The minimum atomic E-state index is -0.623. The van der Waals surface area contributed by atoms with Crippen LogP contribution in [0.5, 0.6) is 5.75 Å². The zero-order valence-electron chi connectivity index (χ0n) is 18.6. The van der Waals surface area contributed by atoms with E-state index in [-0.39, 0.29) is 12.0 Å². The average molecular weight is 425 g/mol. The number of nitrogens with zero attached hydrogens (tertiary/aromatic N) is 1. The van der Waals surface area contributed by atoms with E-state index in [0.717, 1.165) is 17.0 Å². The Morgan fingerprint density at radius 3 is 2.39 bits per heavy atom. The molecule has 1 heterocycles. The maximum atomic E-state index is 12.8. The molecule has 0 aliphatic carbocycles. The number of anilines is 1. The molecule has 0 saturated carbocycles. The van der Waals surface area contributed by atoms with E-state index in [4.69, 9.17) is 9.47 Å². The van der Waals surface area contributed by atoms with Crippen molar-refractivity contribution in [2.45, 2.75) is 40.0 Å². The smallest absolute Gasteiger partial charge is 0.321 e. The van der Waals surface area contributed by atoms with Gasteiger partial charge < -0.3 is 19.7 Å². The lowest BCUT2D eigenvalue weighted by Gasteiger charge is -2.39. The van der Waals surface area contributed by atoms with Gasteiger partial charge >= 0.3 is 12.0 Å². The first-order chi connectivity index (χ1) is 14.9. The number of aryl methyl sites for hydroxylation is 2. The third-order valence-electron chi connectivity index (χ3n) is 6.07. The van der Waals surface area contributed by atoms with Crippen molar-refractivity contribution < 1.29 is 19.1 Å². The third-order valence-corrected chi connectivity index (χ3v) is 6.07. The highest BCUT2D eigenvalue weighted by Crippen LogP contribution is 2.37. The summed E-state index contributed by atoms with van der Waals surface area (Å²) < 4.78 is 11.2. The highest BCUT2D eigenvalue weighted by atomic mass is 16.5. The molecule has 1 aliphatic rings. The lowest BCUT2D eigenvalue weighted by molar-refractivity contribution is -0.159. The molecule has 166 valence electrons. The molecule has 0 bridgehead atoms. The largest absolute Gasteiger partial charge is 0.494 e. The number of carbonyl (C=O) groups is 2. The predicted octanol–water partition coefficient (Wildman–Crippen LogP) is 4.95. The summed E-state index contributed by atoms with van der Waals surface area (Å²) in [5.74, 6) is 0.590. The van der Waals surface area contributed by atoms with Gasteiger partial charge in [-0.1, -0.05) is 24.3 Å². The van der Waals surface area contributed by atoms with Gasteiger partial charge in [-0.2, -0.15) is 0 Å². The molecule has 0 radical (unpaired) electrons. The quantitative estimate of drug-likeness (QED) is 0.639. The number of benzene rings is 2. The van der Waals surface area contributed by atoms with Crippen molar-refractivity contribution in [3.8, 4) is 5.75 Å².